The van der Waals surface area contributed by atoms with Crippen molar-refractivity contribution in [2.24, 2.45) is 5.92 Å². The molecule has 3 rings (SSSR count). The van der Waals surface area contributed by atoms with E-state index in [9.17, 15) is 4.79 Å². The second-order valence-corrected chi connectivity index (χ2v) is 6.61. The van der Waals surface area contributed by atoms with E-state index in [4.69, 9.17) is 0 Å². The molecule has 1 unspecified atom stereocenters. The molecule has 0 fully saturated rings. The van der Waals surface area contributed by atoms with Gasteiger partial charge in [-0.05, 0) is 55.0 Å². The number of carbonyl (C=O) groups excluding carboxylic acids is 1. The van der Waals surface area contributed by atoms with Crippen LogP contribution in [0.5, 0.6) is 0 Å². The minimum atomic E-state index is 0.0743. The summed E-state index contributed by atoms with van der Waals surface area (Å²) >= 11 is 0. The van der Waals surface area contributed by atoms with Gasteiger partial charge in [-0.3, -0.25) is 4.79 Å². The van der Waals surface area contributed by atoms with Gasteiger partial charge in [-0.25, -0.2) is 0 Å². The molecule has 132 valence electrons. The van der Waals surface area contributed by atoms with Crippen molar-refractivity contribution in [1.29, 1.82) is 0 Å². The zero-order valence-corrected chi connectivity index (χ0v) is 15.4. The largest absolute Gasteiger partial charge is 0.311 e. The van der Waals surface area contributed by atoms with Crippen LogP contribution < -0.4 is 4.90 Å². The minimum absolute atomic E-state index is 0.0743. The molecule has 0 radical (unpaired) electrons. The van der Waals surface area contributed by atoms with E-state index in [1.807, 2.05) is 67.6 Å². The Bertz CT molecular complexity index is 786. The van der Waals surface area contributed by atoms with Crippen molar-refractivity contribution < 1.29 is 4.79 Å². The second-order valence-electron chi connectivity index (χ2n) is 6.61. The van der Waals surface area contributed by atoms with E-state index in [-0.39, 0.29) is 11.7 Å². The summed E-state index contributed by atoms with van der Waals surface area (Å²) in [4.78, 5) is 14.7. The SMILES string of the molecule is CCCC(C)C(=O)c1ccc(N(c2ccccc2)c2ccccc2)cc1. The molecule has 1 atom stereocenters. The second kappa shape index (κ2) is 8.48. The van der Waals surface area contributed by atoms with Crippen LogP contribution in [-0.4, -0.2) is 5.78 Å². The number of para-hydroxylation sites is 2. The third-order valence-electron chi connectivity index (χ3n) is 4.61. The van der Waals surface area contributed by atoms with Crippen molar-refractivity contribution >= 4 is 22.8 Å². The van der Waals surface area contributed by atoms with E-state index in [1.54, 1.807) is 0 Å². The maximum Gasteiger partial charge on any atom is 0.165 e. The fourth-order valence-corrected chi connectivity index (χ4v) is 3.22. The molecule has 26 heavy (non-hydrogen) atoms. The average molecular weight is 343 g/mol. The van der Waals surface area contributed by atoms with Gasteiger partial charge in [0.2, 0.25) is 0 Å². The van der Waals surface area contributed by atoms with E-state index < -0.39 is 0 Å². The highest BCUT2D eigenvalue weighted by molar-refractivity contribution is 5.98. The number of benzene rings is 3. The van der Waals surface area contributed by atoms with E-state index in [0.29, 0.717) is 0 Å². The molecule has 2 nitrogen and oxygen atoms in total. The Morgan fingerprint density at radius 1 is 0.769 bits per heavy atom. The van der Waals surface area contributed by atoms with Crippen LogP contribution in [0.4, 0.5) is 17.1 Å². The lowest BCUT2D eigenvalue weighted by Crippen LogP contribution is -2.12. The molecule has 0 aliphatic heterocycles. The molecule has 0 saturated heterocycles. The Balaban J connectivity index is 1.94. The van der Waals surface area contributed by atoms with Crippen LogP contribution in [-0.2, 0) is 0 Å². The maximum absolute atomic E-state index is 12.5. The molecule has 0 N–H and O–H groups in total. The van der Waals surface area contributed by atoms with Crippen LogP contribution in [0.3, 0.4) is 0 Å². The fraction of sp³-hybridized carbons (Fsp3) is 0.208. The molecule has 3 aromatic carbocycles. The molecule has 3 aromatic rings. The summed E-state index contributed by atoms with van der Waals surface area (Å²) in [5.41, 5.74) is 4.02. The maximum atomic E-state index is 12.5. The van der Waals surface area contributed by atoms with Crippen LogP contribution in [0.25, 0.3) is 0 Å². The number of nitrogens with zero attached hydrogens (tertiary/aromatic N) is 1. The summed E-state index contributed by atoms with van der Waals surface area (Å²) in [5, 5.41) is 0. The molecular weight excluding hydrogens is 318 g/mol. The van der Waals surface area contributed by atoms with Crippen molar-refractivity contribution in [1.82, 2.24) is 0 Å². The normalized spacial score (nSPS) is 11.8. The van der Waals surface area contributed by atoms with Crippen molar-refractivity contribution in [2.45, 2.75) is 26.7 Å². The highest BCUT2D eigenvalue weighted by atomic mass is 16.1. The zero-order chi connectivity index (χ0) is 18.4. The van der Waals surface area contributed by atoms with E-state index >= 15 is 0 Å². The van der Waals surface area contributed by atoms with Crippen molar-refractivity contribution in [3.05, 3.63) is 90.5 Å². The van der Waals surface area contributed by atoms with Gasteiger partial charge >= 0.3 is 0 Å². The fourth-order valence-electron chi connectivity index (χ4n) is 3.22. The molecule has 0 aliphatic carbocycles. The van der Waals surface area contributed by atoms with Crippen LogP contribution in [0.2, 0.25) is 0 Å². The molecule has 0 spiro atoms. The van der Waals surface area contributed by atoms with Gasteiger partial charge in [0.15, 0.2) is 5.78 Å². The predicted molar refractivity (Wildman–Crippen MR) is 110 cm³/mol. The molecule has 0 bridgehead atoms. The first kappa shape index (κ1) is 17.9. The Morgan fingerprint density at radius 2 is 1.23 bits per heavy atom. The van der Waals surface area contributed by atoms with Crippen LogP contribution in [0.15, 0.2) is 84.9 Å². The van der Waals surface area contributed by atoms with Gasteiger partial charge < -0.3 is 4.90 Å². The molecular formula is C24H25NO. The molecule has 0 heterocycles. The Labute approximate surface area is 156 Å². The van der Waals surface area contributed by atoms with Crippen molar-refractivity contribution in [3.63, 3.8) is 0 Å². The van der Waals surface area contributed by atoms with Gasteiger partial charge in [-0.1, -0.05) is 56.7 Å². The first-order valence-electron chi connectivity index (χ1n) is 9.25. The number of carbonyl (C=O) groups is 1. The van der Waals surface area contributed by atoms with Gasteiger partial charge in [0.1, 0.15) is 0 Å². The van der Waals surface area contributed by atoms with Gasteiger partial charge in [0.25, 0.3) is 0 Å². The molecule has 0 aliphatic rings. The number of hydrogen-bond acceptors (Lipinski definition) is 2. The quantitative estimate of drug-likeness (QED) is 0.441. The molecule has 2 heteroatoms. The molecule has 0 saturated carbocycles. The van der Waals surface area contributed by atoms with Crippen LogP contribution in [0.1, 0.15) is 37.0 Å². The topological polar surface area (TPSA) is 20.3 Å². The molecule has 0 amide bonds. The van der Waals surface area contributed by atoms with Crippen molar-refractivity contribution in [2.75, 3.05) is 4.90 Å². The van der Waals surface area contributed by atoms with Crippen LogP contribution >= 0.6 is 0 Å². The van der Waals surface area contributed by atoms with Gasteiger partial charge in [0.05, 0.1) is 0 Å². The molecule has 0 aromatic heterocycles. The Hall–Kier alpha value is -2.87. The number of rotatable bonds is 7. The minimum Gasteiger partial charge on any atom is -0.311 e. The third kappa shape index (κ3) is 4.02. The van der Waals surface area contributed by atoms with E-state index in [2.05, 4.69) is 36.1 Å². The first-order chi connectivity index (χ1) is 12.7. The predicted octanol–water partition coefficient (Wildman–Crippen LogP) is 6.78. The average Bonchev–Trinajstić information content (AvgIpc) is 2.70. The summed E-state index contributed by atoms with van der Waals surface area (Å²) in [6, 6.07) is 28.5. The lowest BCUT2D eigenvalue weighted by Gasteiger charge is -2.25. The smallest absolute Gasteiger partial charge is 0.165 e. The zero-order valence-electron chi connectivity index (χ0n) is 15.4. The van der Waals surface area contributed by atoms with Crippen molar-refractivity contribution in [3.8, 4) is 0 Å². The van der Waals surface area contributed by atoms with Gasteiger partial charge in [-0.15, -0.1) is 0 Å². The third-order valence-corrected chi connectivity index (χ3v) is 4.61. The lowest BCUT2D eigenvalue weighted by atomic mass is 9.95. The van der Waals surface area contributed by atoms with E-state index in [0.717, 1.165) is 35.5 Å². The van der Waals surface area contributed by atoms with E-state index in [1.165, 1.54) is 0 Å². The number of ketones is 1. The summed E-state index contributed by atoms with van der Waals surface area (Å²) in [6.07, 6.45) is 1.96. The number of anilines is 3. The summed E-state index contributed by atoms with van der Waals surface area (Å²) in [5.74, 6) is 0.301. The number of hydrogen-bond donors (Lipinski definition) is 0. The monoisotopic (exact) mass is 343 g/mol. The Kier molecular flexibility index (Phi) is 5.85. The standard InChI is InChI=1S/C24H25NO/c1-3-10-19(2)24(26)20-15-17-23(18-16-20)25(21-11-6-4-7-12-21)22-13-8-5-9-14-22/h4-9,11-19H,3,10H2,1-2H3. The van der Waals surface area contributed by atoms with Crippen LogP contribution in [0, 0.1) is 5.92 Å². The summed E-state index contributed by atoms with van der Waals surface area (Å²) in [6.45, 7) is 4.13. The highest BCUT2D eigenvalue weighted by Gasteiger charge is 2.16. The Morgan fingerprint density at radius 3 is 1.69 bits per heavy atom. The number of Topliss-reactive ketones (excluding diaryl/α,β-unsaturated/α-hetero) is 1. The first-order valence-corrected chi connectivity index (χ1v) is 9.25. The summed E-state index contributed by atoms with van der Waals surface area (Å²) in [7, 11) is 0. The summed E-state index contributed by atoms with van der Waals surface area (Å²) < 4.78 is 0. The van der Waals surface area contributed by atoms with Gasteiger partial charge in [-0.2, -0.15) is 0 Å². The highest BCUT2D eigenvalue weighted by Crippen LogP contribution is 2.34. The van der Waals surface area contributed by atoms with Gasteiger partial charge in [0, 0.05) is 28.5 Å². The lowest BCUT2D eigenvalue weighted by molar-refractivity contribution is 0.0923.